The Morgan fingerprint density at radius 3 is 2.23 bits per heavy atom. The van der Waals surface area contributed by atoms with E-state index >= 15 is 0 Å². The van der Waals surface area contributed by atoms with Crippen molar-refractivity contribution in [3.05, 3.63) is 84.4 Å². The Bertz CT molecular complexity index is 1460. The Morgan fingerprint density at radius 1 is 0.936 bits per heavy atom. The van der Waals surface area contributed by atoms with Gasteiger partial charge in [-0.25, -0.2) is 9.59 Å². The summed E-state index contributed by atoms with van der Waals surface area (Å²) in [4.78, 5) is 43.3. The second-order valence-electron chi connectivity index (χ2n) is 12.1. The Morgan fingerprint density at radius 2 is 1.57 bits per heavy atom. The fourth-order valence-corrected chi connectivity index (χ4v) is 5.37. The Balaban J connectivity index is 1.58. The quantitative estimate of drug-likeness (QED) is 0.239. The van der Waals surface area contributed by atoms with Crippen LogP contribution in [0.2, 0.25) is 0 Å². The van der Waals surface area contributed by atoms with Crippen molar-refractivity contribution >= 4 is 35.0 Å². The monoisotopic (exact) mass is 645 g/mol. The number of aliphatic hydroxyl groups is 1. The van der Waals surface area contributed by atoms with E-state index in [-0.39, 0.29) is 48.8 Å². The average Bonchev–Trinajstić information content (AvgIpc) is 3.06. The molecule has 0 saturated heterocycles. The van der Waals surface area contributed by atoms with E-state index < -0.39 is 12.1 Å². The highest BCUT2D eigenvalue weighted by Crippen LogP contribution is 2.29. The van der Waals surface area contributed by atoms with E-state index in [0.29, 0.717) is 36.0 Å². The van der Waals surface area contributed by atoms with Gasteiger partial charge in [0.25, 0.3) is 5.91 Å². The van der Waals surface area contributed by atoms with Crippen molar-refractivity contribution in [1.82, 2.24) is 9.80 Å². The molecule has 1 aliphatic heterocycles. The number of likely N-dealkylation sites (N-methyl/N-ethyl adjacent to an activating group) is 1. The van der Waals surface area contributed by atoms with Crippen molar-refractivity contribution in [2.24, 2.45) is 5.92 Å². The summed E-state index contributed by atoms with van der Waals surface area (Å²) >= 11 is 0. The number of urea groups is 2. The van der Waals surface area contributed by atoms with Gasteiger partial charge in [-0.1, -0.05) is 43.3 Å². The van der Waals surface area contributed by atoms with Gasteiger partial charge in [-0.3, -0.25) is 4.79 Å². The Kier molecular flexibility index (Phi) is 13.0. The number of rotatable bonds is 7. The molecule has 1 heterocycles. The maximum absolute atomic E-state index is 14.3. The summed E-state index contributed by atoms with van der Waals surface area (Å²) in [6.07, 6.45) is 1.83. The number of hydrogen-bond acceptors (Lipinski definition) is 6. The molecule has 0 bridgehead atoms. The van der Waals surface area contributed by atoms with E-state index in [0.717, 1.165) is 19.3 Å². The maximum atomic E-state index is 14.3. The number of nitrogens with one attached hydrogen (secondary N) is 3. The molecule has 0 aromatic heterocycles. The number of anilines is 3. The van der Waals surface area contributed by atoms with Gasteiger partial charge in [-0.05, 0) is 75.6 Å². The number of hydrogen-bond donors (Lipinski definition) is 4. The molecule has 0 unspecified atom stereocenters. The van der Waals surface area contributed by atoms with Crippen molar-refractivity contribution in [1.29, 1.82) is 0 Å². The molecule has 0 saturated carbocycles. The Hall–Kier alpha value is -4.61. The molecule has 3 aromatic carbocycles. The molecule has 0 fully saturated rings. The second kappa shape index (κ2) is 17.3. The summed E-state index contributed by atoms with van der Waals surface area (Å²) in [6.45, 7) is 6.51. The van der Waals surface area contributed by atoms with Gasteiger partial charge < -0.3 is 40.3 Å². The summed E-state index contributed by atoms with van der Waals surface area (Å²) in [5.41, 5.74) is 2.02. The minimum atomic E-state index is -0.527. The lowest BCUT2D eigenvalue weighted by Crippen LogP contribution is -2.48. The summed E-state index contributed by atoms with van der Waals surface area (Å²) < 4.78 is 12.6. The SMILES string of the molecule is C[C@@H]1CCCCO[C@H](CN(C)C(=O)Nc2ccccc2)[C@@H](C)CN([C@H](C)CO)C(=O)c2cc(NC(=O)Nc3ccccc3)ccc2O1. The number of nitrogens with zero attached hydrogens (tertiary/aromatic N) is 2. The normalized spacial score (nSPS) is 19.7. The van der Waals surface area contributed by atoms with Gasteiger partial charge >= 0.3 is 12.1 Å². The zero-order valence-electron chi connectivity index (χ0n) is 27.6. The molecular weight excluding hydrogens is 598 g/mol. The zero-order chi connectivity index (χ0) is 33.8. The molecule has 3 aromatic rings. The van der Waals surface area contributed by atoms with Crippen LogP contribution in [-0.2, 0) is 4.74 Å². The van der Waals surface area contributed by atoms with E-state index in [9.17, 15) is 19.5 Å². The van der Waals surface area contributed by atoms with Crippen molar-refractivity contribution < 1.29 is 29.0 Å². The number of carbonyl (C=O) groups excluding carboxylic acids is 3. The third-order valence-electron chi connectivity index (χ3n) is 8.17. The predicted octanol–water partition coefficient (Wildman–Crippen LogP) is 6.29. The van der Waals surface area contributed by atoms with Crippen molar-refractivity contribution in [3.63, 3.8) is 0 Å². The van der Waals surface area contributed by atoms with E-state index in [1.807, 2.05) is 62.4 Å². The van der Waals surface area contributed by atoms with Crippen molar-refractivity contribution in [3.8, 4) is 5.75 Å². The third-order valence-corrected chi connectivity index (χ3v) is 8.17. The highest BCUT2D eigenvalue weighted by atomic mass is 16.5. The number of fused-ring (bicyclic) bond motifs is 1. The molecule has 0 radical (unpaired) electrons. The molecule has 11 heteroatoms. The second-order valence-corrected chi connectivity index (χ2v) is 12.1. The fraction of sp³-hybridized carbons (Fsp3) is 0.417. The lowest BCUT2D eigenvalue weighted by Gasteiger charge is -2.35. The first-order valence-corrected chi connectivity index (χ1v) is 16.2. The maximum Gasteiger partial charge on any atom is 0.323 e. The van der Waals surface area contributed by atoms with Gasteiger partial charge in [-0.15, -0.1) is 0 Å². The number of amides is 5. The first kappa shape index (κ1) is 35.2. The predicted molar refractivity (Wildman–Crippen MR) is 184 cm³/mol. The third kappa shape index (κ3) is 10.5. The highest BCUT2D eigenvalue weighted by molar-refractivity contribution is 6.02. The van der Waals surface area contributed by atoms with E-state index in [1.165, 1.54) is 0 Å². The minimum absolute atomic E-state index is 0.184. The van der Waals surface area contributed by atoms with Crippen LogP contribution in [0.25, 0.3) is 0 Å². The minimum Gasteiger partial charge on any atom is -0.490 e. The van der Waals surface area contributed by atoms with Crippen LogP contribution >= 0.6 is 0 Å². The van der Waals surface area contributed by atoms with E-state index in [4.69, 9.17) is 9.47 Å². The van der Waals surface area contributed by atoms with Gasteiger partial charge in [0.1, 0.15) is 5.75 Å². The van der Waals surface area contributed by atoms with Crippen molar-refractivity contribution in [2.45, 2.75) is 58.3 Å². The van der Waals surface area contributed by atoms with Gasteiger partial charge in [-0.2, -0.15) is 0 Å². The van der Waals surface area contributed by atoms with Crippen LogP contribution < -0.4 is 20.7 Å². The standard InChI is InChI=1S/C36H47N5O6/c1-25-22-41(26(2)24-42)34(43)31-21-30(38-35(44)37-28-14-7-5-8-15-28)18-19-32(31)47-27(3)13-11-12-20-46-33(25)23-40(4)36(45)39-29-16-9-6-10-17-29/h5-10,14-19,21,25-27,33,42H,11-13,20,22-24H2,1-4H3,(H,39,45)(H2,37,38,44)/t25-,26+,27+,33+/m0/s1. The van der Waals surface area contributed by atoms with Crippen LogP contribution in [0.15, 0.2) is 78.9 Å². The van der Waals surface area contributed by atoms with Gasteiger partial charge in [0.05, 0.1) is 30.4 Å². The lowest BCUT2D eigenvalue weighted by atomic mass is 10.0. The van der Waals surface area contributed by atoms with Crippen LogP contribution in [0.4, 0.5) is 26.7 Å². The van der Waals surface area contributed by atoms with Crippen LogP contribution in [0, 0.1) is 5.92 Å². The number of aliphatic hydroxyl groups excluding tert-OH is 1. The smallest absolute Gasteiger partial charge is 0.323 e. The van der Waals surface area contributed by atoms with Gasteiger partial charge in [0.2, 0.25) is 0 Å². The number of ether oxygens (including phenoxy) is 2. The molecule has 252 valence electrons. The van der Waals surface area contributed by atoms with Crippen LogP contribution in [0.3, 0.4) is 0 Å². The fourth-order valence-electron chi connectivity index (χ4n) is 5.37. The molecule has 0 spiro atoms. The number of para-hydroxylation sites is 2. The number of benzene rings is 3. The summed E-state index contributed by atoms with van der Waals surface area (Å²) in [6, 6.07) is 22.1. The van der Waals surface area contributed by atoms with E-state index in [1.54, 1.807) is 54.1 Å². The van der Waals surface area contributed by atoms with Crippen LogP contribution in [0.5, 0.6) is 5.75 Å². The molecule has 0 aliphatic carbocycles. The molecule has 4 N–H and O–H groups in total. The topological polar surface area (TPSA) is 132 Å². The average molecular weight is 646 g/mol. The molecule has 47 heavy (non-hydrogen) atoms. The van der Waals surface area contributed by atoms with Crippen LogP contribution in [0.1, 0.15) is 50.4 Å². The molecular formula is C36H47N5O6. The van der Waals surface area contributed by atoms with E-state index in [2.05, 4.69) is 16.0 Å². The number of carbonyl (C=O) groups is 3. The first-order chi connectivity index (χ1) is 22.6. The first-order valence-electron chi connectivity index (χ1n) is 16.2. The summed E-state index contributed by atoms with van der Waals surface area (Å²) in [5.74, 6) is -0.149. The largest absolute Gasteiger partial charge is 0.490 e. The van der Waals surface area contributed by atoms with Crippen molar-refractivity contribution in [2.75, 3.05) is 49.3 Å². The summed E-state index contributed by atoms with van der Waals surface area (Å²) in [5, 5.41) is 18.7. The molecule has 4 atom stereocenters. The molecule has 4 rings (SSSR count). The van der Waals surface area contributed by atoms with Gasteiger partial charge in [0, 0.05) is 49.7 Å². The lowest BCUT2D eigenvalue weighted by molar-refractivity contribution is -0.0115. The molecule has 5 amide bonds. The van der Waals surface area contributed by atoms with Crippen LogP contribution in [-0.4, -0.2) is 84.5 Å². The van der Waals surface area contributed by atoms with Gasteiger partial charge in [0.15, 0.2) is 0 Å². The zero-order valence-corrected chi connectivity index (χ0v) is 27.6. The summed E-state index contributed by atoms with van der Waals surface area (Å²) in [7, 11) is 1.72. The molecule has 11 nitrogen and oxygen atoms in total. The highest BCUT2D eigenvalue weighted by Gasteiger charge is 2.31. The molecule has 1 aliphatic rings. The Labute approximate surface area is 277 Å².